The minimum atomic E-state index is -0.972. The van der Waals surface area contributed by atoms with Crippen molar-refractivity contribution in [2.24, 2.45) is 5.73 Å². The Labute approximate surface area is 332 Å². The summed E-state index contributed by atoms with van der Waals surface area (Å²) in [6.07, 6.45) is 3.22. The highest BCUT2D eigenvalue weighted by molar-refractivity contribution is 5.94. The monoisotopic (exact) mass is 801 g/mol. The molecule has 0 spiro atoms. The largest absolute Gasteiger partial charge is 0.506 e. The Kier molecular flexibility index (Phi) is 14.1. The number of hydrogen-bond donors (Lipinski definition) is 6. The first-order valence-electron chi connectivity index (χ1n) is 19.0. The number of phenolic OH excluding ortho intramolecular Hbond substituents is 1. The van der Waals surface area contributed by atoms with E-state index in [1.165, 1.54) is 17.0 Å². The number of nitrogens with one attached hydrogen (secondary N) is 2. The van der Waals surface area contributed by atoms with E-state index in [1.807, 2.05) is 42.5 Å². The Hall–Kier alpha value is -6.03. The van der Waals surface area contributed by atoms with Gasteiger partial charge in [-0.1, -0.05) is 48.5 Å². The zero-order valence-electron chi connectivity index (χ0n) is 32.1. The fourth-order valence-electron chi connectivity index (χ4n) is 7.88. The summed E-state index contributed by atoms with van der Waals surface area (Å²) in [5.74, 6) is -0.00421. The van der Waals surface area contributed by atoms with Crippen molar-refractivity contribution < 1.29 is 38.7 Å². The summed E-state index contributed by atoms with van der Waals surface area (Å²) in [5, 5.41) is 35.4. The van der Waals surface area contributed by atoms with Gasteiger partial charge >= 0.3 is 11.8 Å². The van der Waals surface area contributed by atoms with Gasteiger partial charge in [0, 0.05) is 60.4 Å². The number of benzene rings is 4. The first kappa shape index (κ1) is 43.1. The van der Waals surface area contributed by atoms with Crippen LogP contribution < -0.4 is 32.0 Å². The molecule has 0 unspecified atom stereocenters. The number of phenols is 1. The molecule has 7 N–H and O–H groups in total. The van der Waals surface area contributed by atoms with E-state index in [-0.39, 0.29) is 44.9 Å². The number of hydrogen-bond acceptors (Lipinski definition) is 9. The van der Waals surface area contributed by atoms with Gasteiger partial charge < -0.3 is 40.5 Å². The number of aryl methyl sites for hydroxylation is 2. The van der Waals surface area contributed by atoms with Gasteiger partial charge in [0.25, 0.3) is 0 Å². The van der Waals surface area contributed by atoms with E-state index in [0.717, 1.165) is 41.5 Å². The molecule has 308 valence electrons. The van der Waals surface area contributed by atoms with Crippen LogP contribution in [0.15, 0.2) is 98.9 Å². The molecule has 13 nitrogen and oxygen atoms in total. The van der Waals surface area contributed by atoms with Crippen LogP contribution in [0.5, 0.6) is 11.5 Å². The molecule has 6 aromatic rings. The number of methoxy groups -OCH3 is 1. The summed E-state index contributed by atoms with van der Waals surface area (Å²) < 4.78 is 12.9. The molecule has 1 aliphatic rings. The molecular formula is C43H49F2N5O8. The van der Waals surface area contributed by atoms with Crippen LogP contribution >= 0.6 is 0 Å². The number of rotatable bonds is 14. The van der Waals surface area contributed by atoms with Crippen molar-refractivity contribution in [3.05, 3.63) is 123 Å². The van der Waals surface area contributed by atoms with Crippen LogP contribution in [0, 0.1) is 0 Å². The number of amides is 1. The summed E-state index contributed by atoms with van der Waals surface area (Å²) in [4.78, 5) is 41.8. The van der Waals surface area contributed by atoms with E-state index < -0.39 is 18.0 Å². The van der Waals surface area contributed by atoms with Gasteiger partial charge in [0.15, 0.2) is 5.58 Å². The third-order valence-electron chi connectivity index (χ3n) is 10.8. The lowest BCUT2D eigenvalue weighted by molar-refractivity contribution is 0.175. The molecule has 0 saturated heterocycles. The second-order valence-electron chi connectivity index (χ2n) is 14.5. The van der Waals surface area contributed by atoms with E-state index in [4.69, 9.17) is 14.9 Å². The summed E-state index contributed by atoms with van der Waals surface area (Å²) >= 11 is 0. The number of aromatic nitrogens is 2. The Morgan fingerprint density at radius 3 is 2.48 bits per heavy atom. The Morgan fingerprint density at radius 1 is 1.00 bits per heavy atom. The topological polar surface area (TPSA) is 196 Å². The number of H-pyrrole nitrogens is 1. The van der Waals surface area contributed by atoms with Gasteiger partial charge in [-0.25, -0.2) is 9.59 Å². The molecule has 1 atom stereocenters. The number of aliphatic hydroxyl groups is 1. The Balaban J connectivity index is 0.00000320. The van der Waals surface area contributed by atoms with Crippen molar-refractivity contribution >= 4 is 33.8 Å². The highest BCUT2D eigenvalue weighted by atomic mass is 19.0. The van der Waals surface area contributed by atoms with Crippen molar-refractivity contribution in [1.82, 2.24) is 14.9 Å². The zero-order valence-corrected chi connectivity index (χ0v) is 32.1. The smallest absolute Gasteiger partial charge is 0.419 e. The molecule has 1 amide bonds. The second-order valence-corrected chi connectivity index (χ2v) is 14.5. The SMILES string of the molecule is COc1cc2c(cc1CNC[C@H](O)c1ccc(O)c3[nH]c(=O)ccc13)oc(=O)n2CCCCc1ccc(-c2ccccc2)c(N(C(=O)O)[C@H]2CC[C@H](N)CC2)c1.F.F. The molecule has 0 bridgehead atoms. The summed E-state index contributed by atoms with van der Waals surface area (Å²) in [6, 6.07) is 25.4. The zero-order chi connectivity index (χ0) is 39.3. The van der Waals surface area contributed by atoms with Crippen molar-refractivity contribution in [1.29, 1.82) is 0 Å². The Morgan fingerprint density at radius 2 is 1.76 bits per heavy atom. The molecule has 1 fully saturated rings. The normalized spacial score (nSPS) is 15.7. The fourth-order valence-corrected chi connectivity index (χ4v) is 7.88. The van der Waals surface area contributed by atoms with Crippen LogP contribution in [0.3, 0.4) is 0 Å². The molecule has 2 heterocycles. The first-order chi connectivity index (χ1) is 27.1. The number of ether oxygens (including phenoxy) is 1. The second kappa shape index (κ2) is 18.9. The average molecular weight is 802 g/mol. The van der Waals surface area contributed by atoms with Crippen molar-refractivity contribution in [2.75, 3.05) is 18.6 Å². The van der Waals surface area contributed by atoms with Crippen LogP contribution in [0.25, 0.3) is 33.1 Å². The van der Waals surface area contributed by atoms with E-state index in [1.54, 1.807) is 35.9 Å². The fraction of sp³-hybridized carbons (Fsp3) is 0.326. The van der Waals surface area contributed by atoms with Crippen LogP contribution in [0.2, 0.25) is 0 Å². The van der Waals surface area contributed by atoms with Crippen molar-refractivity contribution in [2.45, 2.75) is 76.2 Å². The number of nitrogens with two attached hydrogens (primary N) is 1. The van der Waals surface area contributed by atoms with E-state index in [2.05, 4.69) is 16.4 Å². The third kappa shape index (κ3) is 9.23. The third-order valence-corrected chi connectivity index (χ3v) is 10.8. The number of unbranched alkanes of at least 4 members (excludes halogenated alkanes) is 1. The van der Waals surface area contributed by atoms with Gasteiger partial charge in [-0.2, -0.15) is 0 Å². The number of aliphatic hydroxyl groups excluding tert-OH is 1. The number of aromatic amines is 1. The van der Waals surface area contributed by atoms with Gasteiger partial charge in [-0.3, -0.25) is 23.7 Å². The predicted molar refractivity (Wildman–Crippen MR) is 220 cm³/mol. The van der Waals surface area contributed by atoms with Gasteiger partial charge in [0.1, 0.15) is 11.5 Å². The van der Waals surface area contributed by atoms with Crippen LogP contribution in [0.1, 0.15) is 61.3 Å². The summed E-state index contributed by atoms with van der Waals surface area (Å²) in [7, 11) is 1.55. The van der Waals surface area contributed by atoms with Crippen LogP contribution in [0.4, 0.5) is 19.9 Å². The van der Waals surface area contributed by atoms with Gasteiger partial charge in [0.05, 0.1) is 29.9 Å². The lowest BCUT2D eigenvalue weighted by Crippen LogP contribution is -2.44. The van der Waals surface area contributed by atoms with Crippen molar-refractivity contribution in [3.63, 3.8) is 0 Å². The summed E-state index contributed by atoms with van der Waals surface area (Å²) in [6.45, 7) is 0.880. The number of nitrogens with zero attached hydrogens (tertiary/aromatic N) is 2. The number of fused-ring (bicyclic) bond motifs is 2. The molecular weight excluding hydrogens is 752 g/mol. The van der Waals surface area contributed by atoms with Crippen LogP contribution in [-0.4, -0.2) is 56.7 Å². The van der Waals surface area contributed by atoms with E-state index >= 15 is 0 Å². The number of oxazole rings is 1. The molecule has 1 aliphatic carbocycles. The molecule has 4 aromatic carbocycles. The molecule has 2 aromatic heterocycles. The quantitative estimate of drug-likeness (QED) is 0.0644. The van der Waals surface area contributed by atoms with E-state index in [9.17, 15) is 29.7 Å². The molecule has 0 aliphatic heterocycles. The maximum atomic E-state index is 13.1. The van der Waals surface area contributed by atoms with E-state index in [0.29, 0.717) is 72.3 Å². The highest BCUT2D eigenvalue weighted by Crippen LogP contribution is 2.37. The number of aromatic hydroxyl groups is 1. The minimum absolute atomic E-state index is 0. The Bertz CT molecular complexity index is 2460. The number of pyridine rings is 1. The lowest BCUT2D eigenvalue weighted by Gasteiger charge is -2.35. The number of carboxylic acid groups (broad SMARTS) is 1. The van der Waals surface area contributed by atoms with Gasteiger partial charge in [-0.15, -0.1) is 0 Å². The minimum Gasteiger partial charge on any atom is -0.506 e. The maximum Gasteiger partial charge on any atom is 0.419 e. The van der Waals surface area contributed by atoms with Gasteiger partial charge in [-0.05, 0) is 85.9 Å². The summed E-state index contributed by atoms with van der Waals surface area (Å²) in [5.41, 5.74) is 11.9. The highest BCUT2D eigenvalue weighted by Gasteiger charge is 2.31. The molecule has 58 heavy (non-hydrogen) atoms. The average Bonchev–Trinajstić information content (AvgIpc) is 3.50. The first-order valence-corrected chi connectivity index (χ1v) is 19.0. The molecule has 1 saturated carbocycles. The lowest BCUT2D eigenvalue weighted by atomic mass is 9.89. The molecule has 0 radical (unpaired) electrons. The predicted octanol–water partition coefficient (Wildman–Crippen LogP) is 6.72. The van der Waals surface area contributed by atoms with Gasteiger partial charge in [0.2, 0.25) is 5.56 Å². The number of carbonyl (C=O) groups is 1. The molecule has 7 rings (SSSR count). The number of anilines is 1. The number of halogens is 2. The standard InChI is InChI=1S/C43H47N5O8.2FH/c1-55-38-23-35-39(22-28(38)24-45-25-37(50)32-16-18-36(49)41-33(32)17-19-40(51)46-41)56-43(54)47(35)20-6-5-7-26-10-15-31(27-8-3-2-4-9-27)34(21-26)48(42(52)53)30-13-11-29(44)12-14-30;;/h2-4,8-10,15-19,21-23,29-30,37,45,49-50H,5-7,11-14,20,24-25,44H2,1H3,(H,46,51)(H,52,53);2*1H/t29-,30-,37-;;/m0../s1. The molecule has 15 heteroatoms. The van der Waals surface area contributed by atoms with Crippen molar-refractivity contribution in [3.8, 4) is 22.6 Å². The maximum absolute atomic E-state index is 13.1. The van der Waals surface area contributed by atoms with Crippen LogP contribution in [-0.2, 0) is 19.5 Å².